The molecule has 30 heavy (non-hydrogen) atoms. The average molecular weight is 408 g/mol. The summed E-state index contributed by atoms with van der Waals surface area (Å²) in [6.45, 7) is 11.4. The molecule has 0 spiro atoms. The van der Waals surface area contributed by atoms with Crippen molar-refractivity contribution in [3.63, 3.8) is 0 Å². The number of hydrogen-bond donors (Lipinski definition) is 3. The number of nitrogens with one attached hydrogen (secondary N) is 3. The number of aromatic nitrogens is 4. The number of nitrogens with zero attached hydrogens (tertiary/aromatic N) is 4. The number of anilines is 2. The Bertz CT molecular complexity index is 1000. The third-order valence-corrected chi connectivity index (χ3v) is 4.88. The van der Waals surface area contributed by atoms with Crippen LogP contribution >= 0.6 is 0 Å². The predicted molar refractivity (Wildman–Crippen MR) is 119 cm³/mol. The Labute approximate surface area is 177 Å². The van der Waals surface area contributed by atoms with Crippen LogP contribution in [0, 0.1) is 13.8 Å². The Morgan fingerprint density at radius 1 is 1.03 bits per heavy atom. The minimum atomic E-state index is -0.242. The van der Waals surface area contributed by atoms with E-state index in [0.717, 1.165) is 22.9 Å². The molecule has 0 aliphatic heterocycles. The zero-order valence-electron chi connectivity index (χ0n) is 18.2. The fourth-order valence-corrected chi connectivity index (χ4v) is 2.90. The van der Waals surface area contributed by atoms with E-state index in [4.69, 9.17) is 0 Å². The highest BCUT2D eigenvalue weighted by Gasteiger charge is 2.13. The highest BCUT2D eigenvalue weighted by Crippen LogP contribution is 2.23. The molecule has 2 heterocycles. The van der Waals surface area contributed by atoms with E-state index in [2.05, 4.69) is 51.7 Å². The van der Waals surface area contributed by atoms with E-state index in [1.807, 2.05) is 48.7 Å². The molecule has 3 N–H and O–H groups in total. The maximum atomic E-state index is 12.1. The van der Waals surface area contributed by atoms with Crippen molar-refractivity contribution in [2.45, 2.75) is 40.0 Å². The fourth-order valence-electron chi connectivity index (χ4n) is 2.90. The van der Waals surface area contributed by atoms with Gasteiger partial charge in [0.25, 0.3) is 0 Å². The zero-order chi connectivity index (χ0) is 21.7. The van der Waals surface area contributed by atoms with Gasteiger partial charge < -0.3 is 16.0 Å². The van der Waals surface area contributed by atoms with Crippen LogP contribution in [0.4, 0.5) is 16.3 Å². The molecule has 8 nitrogen and oxygen atoms in total. The fraction of sp³-hybridized carbons (Fsp3) is 0.364. The molecule has 0 unspecified atom stereocenters. The van der Waals surface area contributed by atoms with Crippen LogP contribution in [-0.2, 0) is 5.41 Å². The van der Waals surface area contributed by atoms with Gasteiger partial charge in [-0.25, -0.2) is 19.7 Å². The number of rotatable bonds is 6. The van der Waals surface area contributed by atoms with Crippen LogP contribution in [0.5, 0.6) is 0 Å². The van der Waals surface area contributed by atoms with Crippen molar-refractivity contribution < 1.29 is 4.79 Å². The molecule has 2 aromatic heterocycles. The molecule has 0 atom stereocenters. The first-order valence-corrected chi connectivity index (χ1v) is 9.96. The maximum absolute atomic E-state index is 12.1. The SMILES string of the molecule is Cc1ncn(-c2cc(NCCNC(=O)Nc3ccc(C(C)(C)C)cc3)ncn2)c1C. The normalized spacial score (nSPS) is 11.2. The largest absolute Gasteiger partial charge is 0.368 e. The Hall–Kier alpha value is -3.42. The van der Waals surface area contributed by atoms with Gasteiger partial charge in [-0.2, -0.15) is 0 Å². The summed E-state index contributed by atoms with van der Waals surface area (Å²) in [5.74, 6) is 1.43. The lowest BCUT2D eigenvalue weighted by Gasteiger charge is -2.19. The van der Waals surface area contributed by atoms with Crippen molar-refractivity contribution in [3.8, 4) is 5.82 Å². The number of amides is 2. The summed E-state index contributed by atoms with van der Waals surface area (Å²) in [7, 11) is 0. The first-order valence-electron chi connectivity index (χ1n) is 9.96. The third kappa shape index (κ3) is 5.34. The molecule has 3 rings (SSSR count). The van der Waals surface area contributed by atoms with E-state index in [0.29, 0.717) is 18.9 Å². The smallest absolute Gasteiger partial charge is 0.319 e. The molecule has 0 saturated carbocycles. The quantitative estimate of drug-likeness (QED) is 0.540. The van der Waals surface area contributed by atoms with E-state index < -0.39 is 0 Å². The van der Waals surface area contributed by atoms with Gasteiger partial charge >= 0.3 is 6.03 Å². The number of carbonyl (C=O) groups excluding carboxylic acids is 1. The molecule has 8 heteroatoms. The maximum Gasteiger partial charge on any atom is 0.319 e. The summed E-state index contributed by atoms with van der Waals surface area (Å²) < 4.78 is 1.92. The molecule has 3 aromatic rings. The van der Waals surface area contributed by atoms with Gasteiger partial charge in [0.15, 0.2) is 0 Å². The monoisotopic (exact) mass is 407 g/mol. The summed E-state index contributed by atoms with van der Waals surface area (Å²) in [4.78, 5) is 24.9. The number of urea groups is 1. The molecule has 0 bridgehead atoms. The molecular formula is C22H29N7O. The topological polar surface area (TPSA) is 96.8 Å². The van der Waals surface area contributed by atoms with E-state index in [1.54, 1.807) is 6.33 Å². The molecular weight excluding hydrogens is 378 g/mol. The molecule has 1 aromatic carbocycles. The van der Waals surface area contributed by atoms with Crippen molar-refractivity contribution in [2.24, 2.45) is 0 Å². The summed E-state index contributed by atoms with van der Waals surface area (Å²) in [6.07, 6.45) is 3.25. The highest BCUT2D eigenvalue weighted by molar-refractivity contribution is 5.89. The van der Waals surface area contributed by atoms with Gasteiger partial charge in [-0.3, -0.25) is 4.57 Å². The number of aryl methyl sites for hydroxylation is 1. The van der Waals surface area contributed by atoms with E-state index in [1.165, 1.54) is 11.9 Å². The number of benzene rings is 1. The van der Waals surface area contributed by atoms with Gasteiger partial charge in [0.2, 0.25) is 0 Å². The Kier molecular flexibility index (Phi) is 6.34. The van der Waals surface area contributed by atoms with Crippen molar-refractivity contribution >= 4 is 17.5 Å². The second kappa shape index (κ2) is 8.94. The second-order valence-corrected chi connectivity index (χ2v) is 8.18. The van der Waals surface area contributed by atoms with Crippen molar-refractivity contribution in [3.05, 3.63) is 59.9 Å². The lowest BCUT2D eigenvalue weighted by atomic mass is 9.87. The number of imidazole rings is 1. The standard InChI is InChI=1S/C22H29N7O/c1-15-16(2)29(14-27-15)20-12-19(25-13-26-20)23-10-11-24-21(30)28-18-8-6-17(7-9-18)22(3,4)5/h6-9,12-14H,10-11H2,1-5H3,(H,23,25,26)(H2,24,28,30). The van der Waals surface area contributed by atoms with Crippen LogP contribution in [0.3, 0.4) is 0 Å². The average Bonchev–Trinajstić information content (AvgIpc) is 3.04. The van der Waals surface area contributed by atoms with Gasteiger partial charge in [-0.15, -0.1) is 0 Å². The molecule has 158 valence electrons. The zero-order valence-corrected chi connectivity index (χ0v) is 18.2. The molecule has 0 aliphatic carbocycles. The van der Waals surface area contributed by atoms with Crippen LogP contribution in [0.15, 0.2) is 43.0 Å². The number of hydrogen-bond acceptors (Lipinski definition) is 5. The van der Waals surface area contributed by atoms with Crippen LogP contribution in [0.2, 0.25) is 0 Å². The molecule has 2 amide bonds. The van der Waals surface area contributed by atoms with Crippen molar-refractivity contribution in [2.75, 3.05) is 23.7 Å². The lowest BCUT2D eigenvalue weighted by Crippen LogP contribution is -2.32. The predicted octanol–water partition coefficient (Wildman–Crippen LogP) is 3.81. The third-order valence-electron chi connectivity index (χ3n) is 4.88. The van der Waals surface area contributed by atoms with Gasteiger partial charge in [0.1, 0.15) is 24.3 Å². The second-order valence-electron chi connectivity index (χ2n) is 8.18. The summed E-state index contributed by atoms with van der Waals surface area (Å²) >= 11 is 0. The first-order chi connectivity index (χ1) is 14.2. The van der Waals surface area contributed by atoms with Crippen molar-refractivity contribution in [1.82, 2.24) is 24.8 Å². The van der Waals surface area contributed by atoms with Crippen LogP contribution < -0.4 is 16.0 Å². The minimum absolute atomic E-state index is 0.0860. The first kappa shape index (κ1) is 21.3. The summed E-state index contributed by atoms with van der Waals surface area (Å²) in [5, 5.41) is 8.88. The number of carbonyl (C=O) groups is 1. The Balaban J connectivity index is 1.46. The Morgan fingerprint density at radius 3 is 2.40 bits per heavy atom. The van der Waals surface area contributed by atoms with Gasteiger partial charge in [-0.05, 0) is 37.0 Å². The molecule has 0 saturated heterocycles. The molecule has 0 aliphatic rings. The van der Waals surface area contributed by atoms with Crippen LogP contribution in [0.1, 0.15) is 37.7 Å². The van der Waals surface area contributed by atoms with Gasteiger partial charge in [0.05, 0.1) is 5.69 Å². The van der Waals surface area contributed by atoms with E-state index >= 15 is 0 Å². The van der Waals surface area contributed by atoms with Gasteiger partial charge in [0, 0.05) is 30.5 Å². The molecule has 0 radical (unpaired) electrons. The van der Waals surface area contributed by atoms with Crippen LogP contribution in [-0.4, -0.2) is 38.6 Å². The van der Waals surface area contributed by atoms with E-state index in [-0.39, 0.29) is 11.4 Å². The van der Waals surface area contributed by atoms with Crippen LogP contribution in [0.25, 0.3) is 5.82 Å². The lowest BCUT2D eigenvalue weighted by molar-refractivity contribution is 0.252. The Morgan fingerprint density at radius 2 is 1.77 bits per heavy atom. The molecule has 0 fully saturated rings. The highest BCUT2D eigenvalue weighted by atomic mass is 16.2. The van der Waals surface area contributed by atoms with Crippen molar-refractivity contribution in [1.29, 1.82) is 0 Å². The van der Waals surface area contributed by atoms with E-state index in [9.17, 15) is 4.79 Å². The minimum Gasteiger partial charge on any atom is -0.368 e. The van der Waals surface area contributed by atoms with Gasteiger partial charge in [-0.1, -0.05) is 32.9 Å². The summed E-state index contributed by atoms with van der Waals surface area (Å²) in [6, 6.07) is 9.51. The summed E-state index contributed by atoms with van der Waals surface area (Å²) in [5.41, 5.74) is 4.07.